The second-order valence-corrected chi connectivity index (χ2v) is 6.64. The molecule has 0 fully saturated rings. The van der Waals surface area contributed by atoms with Crippen molar-refractivity contribution in [3.05, 3.63) is 64.4 Å². The molecule has 1 aromatic carbocycles. The Balaban J connectivity index is 1.62. The van der Waals surface area contributed by atoms with Crippen LogP contribution in [0.2, 0.25) is 0 Å². The number of carbonyl (C=O) groups is 1. The van der Waals surface area contributed by atoms with E-state index in [0.717, 1.165) is 11.1 Å². The van der Waals surface area contributed by atoms with Gasteiger partial charge < -0.3 is 10.1 Å². The standard InChI is InChI=1S/C19H20N4O2S/c1-3-25-12-15-7-5-14(6-8-15)11-22-18(24)16-13(2)23-19(26-16)17-20-9-4-10-21-17/h4-10H,3,11-12H2,1-2H3,(H,22,24). The van der Waals surface area contributed by atoms with Crippen molar-refractivity contribution in [1.82, 2.24) is 20.3 Å². The van der Waals surface area contributed by atoms with Gasteiger partial charge in [0.1, 0.15) is 4.88 Å². The highest BCUT2D eigenvalue weighted by atomic mass is 32.1. The zero-order valence-corrected chi connectivity index (χ0v) is 15.5. The molecule has 1 N–H and O–H groups in total. The van der Waals surface area contributed by atoms with Gasteiger partial charge in [0.15, 0.2) is 10.8 Å². The SMILES string of the molecule is CCOCc1ccc(CNC(=O)c2sc(-c3ncccn3)nc2C)cc1. The van der Waals surface area contributed by atoms with Gasteiger partial charge in [-0.05, 0) is 31.0 Å². The first kappa shape index (κ1) is 18.2. The van der Waals surface area contributed by atoms with Crippen molar-refractivity contribution in [3.8, 4) is 10.8 Å². The summed E-state index contributed by atoms with van der Waals surface area (Å²) in [7, 11) is 0. The Morgan fingerprint density at radius 2 is 1.85 bits per heavy atom. The molecule has 0 radical (unpaired) electrons. The first-order valence-corrected chi connectivity index (χ1v) is 9.17. The lowest BCUT2D eigenvalue weighted by molar-refractivity contribution is 0.0954. The van der Waals surface area contributed by atoms with Crippen molar-refractivity contribution in [2.24, 2.45) is 0 Å². The van der Waals surface area contributed by atoms with Crippen molar-refractivity contribution in [3.63, 3.8) is 0 Å². The van der Waals surface area contributed by atoms with Crippen LogP contribution in [0.3, 0.4) is 0 Å². The summed E-state index contributed by atoms with van der Waals surface area (Å²) in [5.41, 5.74) is 2.84. The average Bonchev–Trinajstić information content (AvgIpc) is 3.08. The third kappa shape index (κ3) is 4.50. The molecule has 1 amide bonds. The Kier molecular flexibility index (Phi) is 6.04. The number of ether oxygens (including phenoxy) is 1. The molecule has 0 aliphatic carbocycles. The fourth-order valence-corrected chi connectivity index (χ4v) is 3.28. The lowest BCUT2D eigenvalue weighted by Crippen LogP contribution is -2.22. The number of thiazole rings is 1. The summed E-state index contributed by atoms with van der Waals surface area (Å²) >= 11 is 1.30. The molecule has 3 rings (SSSR count). The molecule has 0 bridgehead atoms. The maximum absolute atomic E-state index is 12.5. The first-order valence-electron chi connectivity index (χ1n) is 8.36. The van der Waals surface area contributed by atoms with Crippen LogP contribution in [0.5, 0.6) is 0 Å². The number of nitrogens with zero attached hydrogens (tertiary/aromatic N) is 3. The molecule has 3 aromatic rings. The van der Waals surface area contributed by atoms with Gasteiger partial charge in [-0.25, -0.2) is 15.0 Å². The van der Waals surface area contributed by atoms with E-state index in [-0.39, 0.29) is 5.91 Å². The fraction of sp³-hybridized carbons (Fsp3) is 0.263. The summed E-state index contributed by atoms with van der Waals surface area (Å²) in [4.78, 5) is 25.9. The van der Waals surface area contributed by atoms with Gasteiger partial charge in [0.05, 0.1) is 12.3 Å². The molecule has 0 saturated carbocycles. The van der Waals surface area contributed by atoms with Crippen LogP contribution < -0.4 is 5.32 Å². The third-order valence-electron chi connectivity index (χ3n) is 3.71. The van der Waals surface area contributed by atoms with E-state index in [2.05, 4.69) is 20.3 Å². The minimum absolute atomic E-state index is 0.138. The van der Waals surface area contributed by atoms with Gasteiger partial charge in [0.25, 0.3) is 5.91 Å². The Bertz CT molecular complexity index is 863. The van der Waals surface area contributed by atoms with Crippen LogP contribution in [0.1, 0.15) is 33.4 Å². The van der Waals surface area contributed by atoms with Gasteiger partial charge in [-0.2, -0.15) is 0 Å². The monoisotopic (exact) mass is 368 g/mol. The number of carbonyl (C=O) groups excluding carboxylic acids is 1. The zero-order chi connectivity index (χ0) is 18.4. The minimum Gasteiger partial charge on any atom is -0.377 e. The Hall–Kier alpha value is -2.64. The number of hydrogen-bond donors (Lipinski definition) is 1. The maximum atomic E-state index is 12.5. The summed E-state index contributed by atoms with van der Waals surface area (Å²) in [5.74, 6) is 0.394. The molecule has 6 nitrogen and oxygen atoms in total. The summed E-state index contributed by atoms with van der Waals surface area (Å²) in [6, 6.07) is 9.77. The quantitative estimate of drug-likeness (QED) is 0.692. The predicted molar refractivity (Wildman–Crippen MR) is 101 cm³/mol. The smallest absolute Gasteiger partial charge is 0.263 e. The minimum atomic E-state index is -0.138. The van der Waals surface area contributed by atoms with E-state index >= 15 is 0 Å². The van der Waals surface area contributed by atoms with E-state index in [1.807, 2.05) is 38.1 Å². The topological polar surface area (TPSA) is 77.0 Å². The van der Waals surface area contributed by atoms with Gasteiger partial charge in [0, 0.05) is 25.5 Å². The van der Waals surface area contributed by atoms with E-state index in [9.17, 15) is 4.79 Å². The normalized spacial score (nSPS) is 10.7. The van der Waals surface area contributed by atoms with E-state index in [0.29, 0.717) is 41.2 Å². The molecule has 2 aromatic heterocycles. The number of aryl methyl sites for hydroxylation is 1. The van der Waals surface area contributed by atoms with Gasteiger partial charge in [-0.1, -0.05) is 24.3 Å². The van der Waals surface area contributed by atoms with Crippen molar-refractivity contribution in [2.75, 3.05) is 6.61 Å². The molecular weight excluding hydrogens is 348 g/mol. The van der Waals surface area contributed by atoms with Gasteiger partial charge >= 0.3 is 0 Å². The first-order chi connectivity index (χ1) is 12.7. The summed E-state index contributed by atoms with van der Waals surface area (Å²) in [5, 5.41) is 3.59. The summed E-state index contributed by atoms with van der Waals surface area (Å²) in [6.45, 7) is 5.55. The highest BCUT2D eigenvalue weighted by Crippen LogP contribution is 2.25. The molecule has 26 heavy (non-hydrogen) atoms. The Labute approximate surface area is 156 Å². The van der Waals surface area contributed by atoms with Crippen LogP contribution in [0, 0.1) is 6.92 Å². The van der Waals surface area contributed by atoms with E-state index in [4.69, 9.17) is 4.74 Å². The highest BCUT2D eigenvalue weighted by Gasteiger charge is 2.17. The lowest BCUT2D eigenvalue weighted by Gasteiger charge is -2.06. The summed E-state index contributed by atoms with van der Waals surface area (Å²) in [6.07, 6.45) is 3.32. The number of amides is 1. The third-order valence-corrected chi connectivity index (χ3v) is 4.86. The van der Waals surface area contributed by atoms with Crippen molar-refractivity contribution in [2.45, 2.75) is 27.0 Å². The van der Waals surface area contributed by atoms with E-state index < -0.39 is 0 Å². The van der Waals surface area contributed by atoms with Gasteiger partial charge in [0.2, 0.25) is 0 Å². The highest BCUT2D eigenvalue weighted by molar-refractivity contribution is 7.17. The number of hydrogen-bond acceptors (Lipinski definition) is 6. The zero-order valence-electron chi connectivity index (χ0n) is 14.7. The molecular formula is C19H20N4O2S. The van der Waals surface area contributed by atoms with Crippen LogP contribution in [0.15, 0.2) is 42.7 Å². The van der Waals surface area contributed by atoms with Crippen molar-refractivity contribution < 1.29 is 9.53 Å². The molecule has 7 heteroatoms. The second-order valence-electron chi connectivity index (χ2n) is 5.64. The molecule has 2 heterocycles. The Morgan fingerprint density at radius 3 is 2.54 bits per heavy atom. The predicted octanol–water partition coefficient (Wildman–Crippen LogP) is 3.38. The van der Waals surface area contributed by atoms with Crippen LogP contribution in [0.25, 0.3) is 10.8 Å². The average molecular weight is 368 g/mol. The Morgan fingerprint density at radius 1 is 1.15 bits per heavy atom. The molecule has 0 unspecified atom stereocenters. The number of aromatic nitrogens is 3. The van der Waals surface area contributed by atoms with Crippen molar-refractivity contribution in [1.29, 1.82) is 0 Å². The van der Waals surface area contributed by atoms with Crippen LogP contribution in [-0.4, -0.2) is 27.5 Å². The van der Waals surface area contributed by atoms with E-state index in [1.54, 1.807) is 18.5 Å². The van der Waals surface area contributed by atoms with Crippen LogP contribution >= 0.6 is 11.3 Å². The molecule has 0 aliphatic heterocycles. The maximum Gasteiger partial charge on any atom is 0.263 e. The molecule has 134 valence electrons. The second kappa shape index (κ2) is 8.64. The molecule has 0 spiro atoms. The number of nitrogens with one attached hydrogen (secondary N) is 1. The van der Waals surface area contributed by atoms with Gasteiger partial charge in [-0.15, -0.1) is 11.3 Å². The number of rotatable bonds is 7. The molecule has 0 aliphatic rings. The van der Waals surface area contributed by atoms with Crippen LogP contribution in [-0.2, 0) is 17.9 Å². The molecule has 0 saturated heterocycles. The van der Waals surface area contributed by atoms with Gasteiger partial charge in [-0.3, -0.25) is 4.79 Å². The lowest BCUT2D eigenvalue weighted by atomic mass is 10.1. The van der Waals surface area contributed by atoms with Crippen LogP contribution in [0.4, 0.5) is 0 Å². The molecule has 0 atom stereocenters. The summed E-state index contributed by atoms with van der Waals surface area (Å²) < 4.78 is 5.38. The largest absolute Gasteiger partial charge is 0.377 e. The fourth-order valence-electron chi connectivity index (χ4n) is 2.35. The van der Waals surface area contributed by atoms with Crippen molar-refractivity contribution >= 4 is 17.2 Å². The van der Waals surface area contributed by atoms with E-state index in [1.165, 1.54) is 11.3 Å². The number of benzene rings is 1.